The molecule has 2 aromatic carbocycles. The largest absolute Gasteiger partial charge is 0.497 e. The van der Waals surface area contributed by atoms with Gasteiger partial charge in [0.25, 0.3) is 0 Å². The van der Waals surface area contributed by atoms with Crippen molar-refractivity contribution in [1.82, 2.24) is 16.2 Å². The number of halogens is 2. The fourth-order valence-corrected chi connectivity index (χ4v) is 3.10. The van der Waals surface area contributed by atoms with Gasteiger partial charge in [0.1, 0.15) is 11.6 Å². The topological polar surface area (TPSA) is 62.4 Å². The number of amides is 1. The van der Waals surface area contributed by atoms with E-state index in [1.807, 2.05) is 24.3 Å². The molecule has 2 atom stereocenters. The molecule has 0 saturated carbocycles. The zero-order valence-electron chi connectivity index (χ0n) is 13.7. The molecule has 0 spiro atoms. The molecule has 1 aliphatic rings. The van der Waals surface area contributed by atoms with Crippen LogP contribution in [0.1, 0.15) is 17.2 Å². The molecule has 3 N–H and O–H groups in total. The van der Waals surface area contributed by atoms with Crippen LogP contribution >= 0.6 is 11.6 Å². The average Bonchev–Trinajstić information content (AvgIpc) is 3.10. The molecule has 2 unspecified atom stereocenters. The maximum atomic E-state index is 13.1. The Balaban J connectivity index is 1.68. The van der Waals surface area contributed by atoms with Crippen LogP contribution in [0, 0.1) is 11.7 Å². The van der Waals surface area contributed by atoms with Gasteiger partial charge in [0.05, 0.1) is 19.1 Å². The smallest absolute Gasteiger partial charge is 0.226 e. The summed E-state index contributed by atoms with van der Waals surface area (Å²) < 4.78 is 18.3. The van der Waals surface area contributed by atoms with Crippen molar-refractivity contribution in [3.8, 4) is 5.75 Å². The highest BCUT2D eigenvalue weighted by molar-refractivity contribution is 6.31. The van der Waals surface area contributed by atoms with Crippen LogP contribution in [0.4, 0.5) is 4.39 Å². The third-order valence-electron chi connectivity index (χ3n) is 4.24. The Kier molecular flexibility index (Phi) is 5.53. The third kappa shape index (κ3) is 4.10. The van der Waals surface area contributed by atoms with Gasteiger partial charge in [-0.25, -0.2) is 9.82 Å². The highest BCUT2D eigenvalue weighted by Gasteiger charge is 2.34. The van der Waals surface area contributed by atoms with Gasteiger partial charge in [0.15, 0.2) is 0 Å². The van der Waals surface area contributed by atoms with Crippen LogP contribution in [-0.2, 0) is 11.3 Å². The number of methoxy groups -OCH3 is 1. The first kappa shape index (κ1) is 17.7. The van der Waals surface area contributed by atoms with E-state index in [4.69, 9.17) is 16.3 Å². The zero-order chi connectivity index (χ0) is 17.8. The molecule has 5 nitrogen and oxygen atoms in total. The van der Waals surface area contributed by atoms with E-state index in [9.17, 15) is 9.18 Å². The SMILES string of the molecule is COc1cccc(C2NNCC2C(=O)NCc2ccc(F)cc2Cl)c1. The van der Waals surface area contributed by atoms with Crippen molar-refractivity contribution in [1.29, 1.82) is 0 Å². The van der Waals surface area contributed by atoms with Gasteiger partial charge in [0, 0.05) is 18.1 Å². The number of carbonyl (C=O) groups excluding carboxylic acids is 1. The number of hydrogen-bond donors (Lipinski definition) is 3. The fraction of sp³-hybridized carbons (Fsp3) is 0.278. The Labute approximate surface area is 150 Å². The van der Waals surface area contributed by atoms with Crippen molar-refractivity contribution < 1.29 is 13.9 Å². The summed E-state index contributed by atoms with van der Waals surface area (Å²) in [6.07, 6.45) is 0. The second-order valence-corrected chi connectivity index (χ2v) is 6.25. The number of rotatable bonds is 5. The van der Waals surface area contributed by atoms with Gasteiger partial charge >= 0.3 is 0 Å². The Morgan fingerprint density at radius 1 is 1.36 bits per heavy atom. The van der Waals surface area contributed by atoms with Crippen molar-refractivity contribution in [3.05, 3.63) is 64.4 Å². The summed E-state index contributed by atoms with van der Waals surface area (Å²) in [5.41, 5.74) is 7.80. The van der Waals surface area contributed by atoms with Gasteiger partial charge in [-0.3, -0.25) is 10.2 Å². The Bertz CT molecular complexity index is 772. The molecule has 0 bridgehead atoms. The lowest BCUT2D eigenvalue weighted by Crippen LogP contribution is -2.34. The molecule has 25 heavy (non-hydrogen) atoms. The number of ether oxygens (including phenoxy) is 1. The van der Waals surface area contributed by atoms with Crippen molar-refractivity contribution in [3.63, 3.8) is 0 Å². The number of hydrazine groups is 1. The molecule has 1 heterocycles. The first-order chi connectivity index (χ1) is 12.1. The minimum Gasteiger partial charge on any atom is -0.497 e. The standard InChI is InChI=1S/C18H19ClFN3O2/c1-25-14-4-2-3-11(7-14)17-15(10-22-23-17)18(24)21-9-12-5-6-13(20)8-16(12)19/h2-8,15,17,22-23H,9-10H2,1H3,(H,21,24). The summed E-state index contributed by atoms with van der Waals surface area (Å²) >= 11 is 6.00. The minimum atomic E-state index is -0.401. The van der Waals surface area contributed by atoms with Gasteiger partial charge in [-0.1, -0.05) is 29.8 Å². The van der Waals surface area contributed by atoms with E-state index >= 15 is 0 Å². The minimum absolute atomic E-state index is 0.106. The van der Waals surface area contributed by atoms with Gasteiger partial charge in [-0.2, -0.15) is 0 Å². The lowest BCUT2D eigenvalue weighted by atomic mass is 9.94. The van der Waals surface area contributed by atoms with E-state index < -0.39 is 5.82 Å². The second-order valence-electron chi connectivity index (χ2n) is 5.84. The van der Waals surface area contributed by atoms with Gasteiger partial charge < -0.3 is 10.1 Å². The molecule has 1 amide bonds. The number of hydrogen-bond acceptors (Lipinski definition) is 4. The molecular weight excluding hydrogens is 345 g/mol. The van der Waals surface area contributed by atoms with E-state index in [1.54, 1.807) is 13.2 Å². The van der Waals surface area contributed by atoms with Crippen LogP contribution in [0.5, 0.6) is 5.75 Å². The summed E-state index contributed by atoms with van der Waals surface area (Å²) in [6, 6.07) is 11.6. The lowest BCUT2D eigenvalue weighted by Gasteiger charge is -2.19. The predicted octanol–water partition coefficient (Wildman–Crippen LogP) is 2.57. The quantitative estimate of drug-likeness (QED) is 0.764. The first-order valence-corrected chi connectivity index (χ1v) is 8.30. The van der Waals surface area contributed by atoms with E-state index in [0.29, 0.717) is 17.1 Å². The summed E-state index contributed by atoms with van der Waals surface area (Å²) in [6.45, 7) is 0.754. The summed E-state index contributed by atoms with van der Waals surface area (Å²) in [4.78, 5) is 12.6. The third-order valence-corrected chi connectivity index (χ3v) is 4.59. The molecule has 1 fully saturated rings. The molecule has 0 aliphatic carbocycles. The van der Waals surface area contributed by atoms with Crippen molar-refractivity contribution >= 4 is 17.5 Å². The zero-order valence-corrected chi connectivity index (χ0v) is 14.4. The Hall–Kier alpha value is -2.15. The van der Waals surface area contributed by atoms with Crippen LogP contribution in [0.2, 0.25) is 5.02 Å². The molecular formula is C18H19ClFN3O2. The second kappa shape index (κ2) is 7.82. The summed E-state index contributed by atoms with van der Waals surface area (Å²) in [7, 11) is 1.61. The first-order valence-electron chi connectivity index (χ1n) is 7.92. The van der Waals surface area contributed by atoms with Crippen LogP contribution in [0.25, 0.3) is 0 Å². The average molecular weight is 364 g/mol. The summed E-state index contributed by atoms with van der Waals surface area (Å²) in [5, 5.41) is 3.17. The highest BCUT2D eigenvalue weighted by Crippen LogP contribution is 2.28. The van der Waals surface area contributed by atoms with Gasteiger partial charge in [0.2, 0.25) is 5.91 Å². The van der Waals surface area contributed by atoms with Crippen LogP contribution < -0.4 is 20.9 Å². The van der Waals surface area contributed by atoms with Crippen LogP contribution in [0.3, 0.4) is 0 Å². The van der Waals surface area contributed by atoms with Crippen molar-refractivity contribution in [2.75, 3.05) is 13.7 Å². The van der Waals surface area contributed by atoms with Gasteiger partial charge in [-0.15, -0.1) is 0 Å². The molecule has 0 radical (unpaired) electrons. The summed E-state index contributed by atoms with van der Waals surface area (Å²) in [5.74, 6) is -0.0529. The highest BCUT2D eigenvalue weighted by atomic mass is 35.5. The van der Waals surface area contributed by atoms with Crippen LogP contribution in [0.15, 0.2) is 42.5 Å². The number of benzene rings is 2. The van der Waals surface area contributed by atoms with E-state index in [0.717, 1.165) is 11.3 Å². The Morgan fingerprint density at radius 2 is 2.20 bits per heavy atom. The lowest BCUT2D eigenvalue weighted by molar-refractivity contribution is -0.125. The van der Waals surface area contributed by atoms with E-state index in [2.05, 4.69) is 16.2 Å². The normalized spacial score (nSPS) is 19.6. The Morgan fingerprint density at radius 3 is 2.96 bits per heavy atom. The molecule has 7 heteroatoms. The van der Waals surface area contributed by atoms with Crippen LogP contribution in [-0.4, -0.2) is 19.6 Å². The van der Waals surface area contributed by atoms with Crippen molar-refractivity contribution in [2.24, 2.45) is 5.92 Å². The molecule has 1 aliphatic heterocycles. The molecule has 132 valence electrons. The monoisotopic (exact) mass is 363 g/mol. The molecule has 3 rings (SSSR count). The fourth-order valence-electron chi connectivity index (χ4n) is 2.87. The number of carbonyl (C=O) groups is 1. The van der Waals surface area contributed by atoms with E-state index in [1.165, 1.54) is 12.1 Å². The molecule has 2 aromatic rings. The number of nitrogens with one attached hydrogen (secondary N) is 3. The van der Waals surface area contributed by atoms with Gasteiger partial charge in [-0.05, 0) is 35.4 Å². The maximum absolute atomic E-state index is 13.1. The predicted molar refractivity (Wildman–Crippen MR) is 93.6 cm³/mol. The molecule has 0 aromatic heterocycles. The maximum Gasteiger partial charge on any atom is 0.226 e. The van der Waals surface area contributed by atoms with E-state index in [-0.39, 0.29) is 24.4 Å². The molecule has 1 saturated heterocycles. The van der Waals surface area contributed by atoms with Crippen molar-refractivity contribution in [2.45, 2.75) is 12.6 Å².